The molecule has 1 aliphatic carbocycles. The summed E-state index contributed by atoms with van der Waals surface area (Å²) in [7, 11) is 0. The third kappa shape index (κ3) is 2.58. The monoisotopic (exact) mass is 246 g/mol. The van der Waals surface area contributed by atoms with Crippen LogP contribution < -0.4 is 5.32 Å². The largest absolute Gasteiger partial charge is 0.351 e. The highest BCUT2D eigenvalue weighted by Crippen LogP contribution is 2.40. The number of nitroso groups, excluding NO2 is 1. The zero-order chi connectivity index (χ0) is 13.0. The first-order chi connectivity index (χ1) is 8.67. The van der Waals surface area contributed by atoms with Gasteiger partial charge in [0.05, 0.1) is 6.54 Å². The molecule has 1 fully saturated rings. The maximum atomic E-state index is 12.0. The Labute approximate surface area is 107 Å². The van der Waals surface area contributed by atoms with E-state index in [4.69, 9.17) is 0 Å². The fourth-order valence-corrected chi connectivity index (χ4v) is 2.40. The van der Waals surface area contributed by atoms with Gasteiger partial charge in [-0.3, -0.25) is 4.79 Å². The molecule has 0 aliphatic heterocycles. The summed E-state index contributed by atoms with van der Waals surface area (Å²) in [6.45, 7) is 2.77. The van der Waals surface area contributed by atoms with E-state index in [0.717, 1.165) is 24.8 Å². The molecule has 0 saturated heterocycles. The lowest BCUT2D eigenvalue weighted by Crippen LogP contribution is -2.44. The third-order valence-corrected chi connectivity index (χ3v) is 3.83. The SMILES string of the molecule is Cc1ccccc1C(=O)NCC1(CN=O)CCC1. The van der Waals surface area contributed by atoms with Crippen molar-refractivity contribution in [3.05, 3.63) is 40.3 Å². The van der Waals surface area contributed by atoms with Crippen LogP contribution in [-0.4, -0.2) is 19.0 Å². The summed E-state index contributed by atoms with van der Waals surface area (Å²) in [5.41, 5.74) is 1.58. The Balaban J connectivity index is 1.96. The Kier molecular flexibility index (Phi) is 3.75. The van der Waals surface area contributed by atoms with Crippen molar-refractivity contribution in [2.75, 3.05) is 13.1 Å². The number of rotatable bonds is 5. The summed E-state index contributed by atoms with van der Waals surface area (Å²) in [6.07, 6.45) is 3.08. The Morgan fingerprint density at radius 2 is 2.11 bits per heavy atom. The van der Waals surface area contributed by atoms with Gasteiger partial charge < -0.3 is 5.32 Å². The van der Waals surface area contributed by atoms with E-state index in [0.29, 0.717) is 18.7 Å². The number of hydrogen-bond donors (Lipinski definition) is 1. The molecule has 1 aromatic carbocycles. The fraction of sp³-hybridized carbons (Fsp3) is 0.500. The molecule has 96 valence electrons. The summed E-state index contributed by atoms with van der Waals surface area (Å²) < 4.78 is 0. The summed E-state index contributed by atoms with van der Waals surface area (Å²) in [5, 5.41) is 5.93. The lowest BCUT2D eigenvalue weighted by Gasteiger charge is -2.39. The predicted octanol–water partition coefficient (Wildman–Crippen LogP) is 2.66. The molecule has 0 heterocycles. The van der Waals surface area contributed by atoms with Crippen LogP contribution in [0.4, 0.5) is 0 Å². The normalized spacial score (nSPS) is 16.7. The molecule has 1 aliphatic rings. The molecule has 0 unspecified atom stereocenters. The maximum Gasteiger partial charge on any atom is 0.251 e. The minimum atomic E-state index is -0.0832. The molecular weight excluding hydrogens is 228 g/mol. The zero-order valence-corrected chi connectivity index (χ0v) is 10.6. The van der Waals surface area contributed by atoms with E-state index in [2.05, 4.69) is 10.5 Å². The van der Waals surface area contributed by atoms with Crippen molar-refractivity contribution in [1.82, 2.24) is 5.32 Å². The van der Waals surface area contributed by atoms with Crippen molar-refractivity contribution in [2.24, 2.45) is 10.6 Å². The van der Waals surface area contributed by atoms with Crippen molar-refractivity contribution in [1.29, 1.82) is 0 Å². The van der Waals surface area contributed by atoms with Crippen LogP contribution in [0.3, 0.4) is 0 Å². The first-order valence-electron chi connectivity index (χ1n) is 6.30. The minimum absolute atomic E-state index is 0.0646. The lowest BCUT2D eigenvalue weighted by atomic mass is 9.69. The van der Waals surface area contributed by atoms with Gasteiger partial charge in [0.2, 0.25) is 0 Å². The Bertz CT molecular complexity index is 453. The smallest absolute Gasteiger partial charge is 0.251 e. The van der Waals surface area contributed by atoms with Crippen LogP contribution in [0.2, 0.25) is 0 Å². The van der Waals surface area contributed by atoms with Crippen LogP contribution in [0.25, 0.3) is 0 Å². The molecule has 1 aromatic rings. The summed E-state index contributed by atoms with van der Waals surface area (Å²) >= 11 is 0. The second-order valence-electron chi connectivity index (χ2n) is 5.14. The van der Waals surface area contributed by atoms with Crippen LogP contribution in [-0.2, 0) is 0 Å². The van der Waals surface area contributed by atoms with E-state index in [1.807, 2.05) is 31.2 Å². The number of amides is 1. The van der Waals surface area contributed by atoms with E-state index in [-0.39, 0.29) is 11.3 Å². The molecule has 18 heavy (non-hydrogen) atoms. The summed E-state index contributed by atoms with van der Waals surface area (Å²) in [6, 6.07) is 7.50. The van der Waals surface area contributed by atoms with Crippen LogP contribution >= 0.6 is 0 Å². The fourth-order valence-electron chi connectivity index (χ4n) is 2.40. The average molecular weight is 246 g/mol. The van der Waals surface area contributed by atoms with Crippen LogP contribution in [0.1, 0.15) is 35.2 Å². The highest BCUT2D eigenvalue weighted by Gasteiger charge is 2.37. The van der Waals surface area contributed by atoms with Gasteiger partial charge in [-0.1, -0.05) is 29.8 Å². The molecule has 0 spiro atoms. The molecule has 4 heteroatoms. The van der Waals surface area contributed by atoms with E-state index >= 15 is 0 Å². The van der Waals surface area contributed by atoms with Crippen molar-refractivity contribution in [3.63, 3.8) is 0 Å². The third-order valence-electron chi connectivity index (χ3n) is 3.83. The van der Waals surface area contributed by atoms with E-state index < -0.39 is 0 Å². The van der Waals surface area contributed by atoms with Crippen molar-refractivity contribution >= 4 is 5.91 Å². The standard InChI is InChI=1S/C14H18N2O2/c1-11-5-2-3-6-12(11)13(17)15-9-14(10-16-18)7-4-8-14/h2-3,5-6H,4,7-10H2,1H3,(H,15,17). The first-order valence-corrected chi connectivity index (χ1v) is 6.30. The first kappa shape index (κ1) is 12.7. The average Bonchev–Trinajstić information content (AvgIpc) is 2.32. The Morgan fingerprint density at radius 3 is 2.67 bits per heavy atom. The molecule has 1 N–H and O–H groups in total. The topological polar surface area (TPSA) is 58.5 Å². The van der Waals surface area contributed by atoms with Gasteiger partial charge in [0, 0.05) is 17.5 Å². The number of hydrogen-bond acceptors (Lipinski definition) is 3. The molecule has 0 aromatic heterocycles. The Morgan fingerprint density at radius 1 is 1.39 bits per heavy atom. The summed E-state index contributed by atoms with van der Waals surface area (Å²) in [4.78, 5) is 22.5. The van der Waals surface area contributed by atoms with Gasteiger partial charge in [-0.2, -0.15) is 4.91 Å². The molecule has 0 radical (unpaired) electrons. The maximum absolute atomic E-state index is 12.0. The van der Waals surface area contributed by atoms with Crippen molar-refractivity contribution in [3.8, 4) is 0 Å². The number of carbonyl (C=O) groups excluding carboxylic acids is 1. The van der Waals surface area contributed by atoms with Crippen LogP contribution in [0, 0.1) is 17.2 Å². The highest BCUT2D eigenvalue weighted by atomic mass is 16.3. The van der Waals surface area contributed by atoms with Gasteiger partial charge in [-0.15, -0.1) is 0 Å². The molecule has 0 atom stereocenters. The lowest BCUT2D eigenvalue weighted by molar-refractivity contribution is 0.0876. The second-order valence-corrected chi connectivity index (χ2v) is 5.14. The quantitative estimate of drug-likeness (QED) is 0.812. The van der Waals surface area contributed by atoms with Gasteiger partial charge in [0.1, 0.15) is 0 Å². The van der Waals surface area contributed by atoms with E-state index in [1.165, 1.54) is 0 Å². The minimum Gasteiger partial charge on any atom is -0.351 e. The Hall–Kier alpha value is -1.71. The molecule has 1 saturated carbocycles. The second kappa shape index (κ2) is 5.29. The summed E-state index contributed by atoms with van der Waals surface area (Å²) in [5.74, 6) is -0.0646. The highest BCUT2D eigenvalue weighted by molar-refractivity contribution is 5.95. The van der Waals surface area contributed by atoms with Gasteiger partial charge in [-0.05, 0) is 31.4 Å². The van der Waals surface area contributed by atoms with Crippen LogP contribution in [0.5, 0.6) is 0 Å². The number of benzene rings is 1. The van der Waals surface area contributed by atoms with Crippen LogP contribution in [0.15, 0.2) is 29.4 Å². The number of nitrogens with zero attached hydrogens (tertiary/aromatic N) is 1. The van der Waals surface area contributed by atoms with Crippen molar-refractivity contribution < 1.29 is 4.79 Å². The molecule has 2 rings (SSSR count). The van der Waals surface area contributed by atoms with E-state index in [1.54, 1.807) is 0 Å². The molecular formula is C14H18N2O2. The molecule has 4 nitrogen and oxygen atoms in total. The number of aryl methyl sites for hydroxylation is 1. The zero-order valence-electron chi connectivity index (χ0n) is 10.6. The van der Waals surface area contributed by atoms with Gasteiger partial charge >= 0.3 is 0 Å². The number of nitrogens with one attached hydrogen (secondary N) is 1. The molecule has 0 bridgehead atoms. The predicted molar refractivity (Wildman–Crippen MR) is 70.5 cm³/mol. The molecule has 1 amide bonds. The number of carbonyl (C=O) groups is 1. The van der Waals surface area contributed by atoms with E-state index in [9.17, 15) is 9.70 Å². The van der Waals surface area contributed by atoms with Crippen molar-refractivity contribution in [2.45, 2.75) is 26.2 Å². The van der Waals surface area contributed by atoms with Gasteiger partial charge in [-0.25, -0.2) is 0 Å². The van der Waals surface area contributed by atoms with Gasteiger partial charge in [0.15, 0.2) is 0 Å². The van der Waals surface area contributed by atoms with Gasteiger partial charge in [0.25, 0.3) is 5.91 Å².